The molecule has 4 unspecified atom stereocenters. The minimum atomic E-state index is -4.26. The molecule has 0 aromatic carbocycles. The van der Waals surface area contributed by atoms with Crippen molar-refractivity contribution in [3.05, 3.63) is 0 Å². The van der Waals surface area contributed by atoms with E-state index in [0.717, 1.165) is 0 Å². The number of hydrogen-bond donors (Lipinski definition) is 3. The lowest BCUT2D eigenvalue weighted by Gasteiger charge is -2.41. The summed E-state index contributed by atoms with van der Waals surface area (Å²) in [6.45, 7) is 2.30. The predicted octanol–water partition coefficient (Wildman–Crippen LogP) is -2.42. The maximum absolute atomic E-state index is 11.0. The second-order valence-electron chi connectivity index (χ2n) is 5.28. The van der Waals surface area contributed by atoms with Crippen LogP contribution in [0.25, 0.3) is 0 Å². The molecule has 0 aromatic rings. The van der Waals surface area contributed by atoms with E-state index in [2.05, 4.69) is 4.18 Å². The number of ether oxygens (including phenoxy) is 3. The molecule has 14 heteroatoms. The molecule has 136 valence electrons. The molecule has 23 heavy (non-hydrogen) atoms. The maximum Gasteiger partial charge on any atom is 0.333 e. The van der Waals surface area contributed by atoms with Crippen molar-refractivity contribution in [1.82, 2.24) is 0 Å². The summed E-state index contributed by atoms with van der Waals surface area (Å²) >= 11 is -1.32. The average Bonchev–Trinajstić information content (AvgIpc) is 2.71. The van der Waals surface area contributed by atoms with E-state index in [9.17, 15) is 16.8 Å². The minimum absolute atomic E-state index is 0.195. The second-order valence-corrected chi connectivity index (χ2v) is 7.22. The number of nitrogens with two attached hydrogens (primary N) is 1. The van der Waals surface area contributed by atoms with E-state index in [4.69, 9.17) is 27.7 Å². The van der Waals surface area contributed by atoms with Gasteiger partial charge in [0.1, 0.15) is 48.8 Å². The third kappa shape index (κ3) is 4.53. The van der Waals surface area contributed by atoms with Crippen LogP contribution in [0.1, 0.15) is 13.8 Å². The Morgan fingerprint density at radius 1 is 1.26 bits per heavy atom. The van der Waals surface area contributed by atoms with Gasteiger partial charge in [-0.3, -0.25) is 12.5 Å². The topological polar surface area (TPSA) is 150 Å². The molecule has 2 N–H and O–H groups in total. The Balaban J connectivity index is 2.30. The molecule has 11 nitrogen and oxygen atoms in total. The van der Waals surface area contributed by atoms with Gasteiger partial charge in [-0.1, -0.05) is 0 Å². The molecule has 2 aliphatic rings. The zero-order chi connectivity index (χ0) is 17.3. The third-order valence-electron chi connectivity index (χ3n) is 3.19. The molecule has 0 aromatic heterocycles. The molecule has 2 fully saturated rings. The van der Waals surface area contributed by atoms with E-state index in [1.165, 1.54) is 0 Å². The van der Waals surface area contributed by atoms with E-state index in [1.54, 1.807) is 13.8 Å². The molecule has 0 spiro atoms. The van der Waals surface area contributed by atoms with Gasteiger partial charge in [-0.25, -0.2) is 13.6 Å². The largest absolute Gasteiger partial charge is 0.343 e. The highest BCUT2D eigenvalue weighted by Gasteiger charge is 2.63. The van der Waals surface area contributed by atoms with Crippen LogP contribution in [0.4, 0.5) is 0 Å². The SMILES string of the molecule is CC1(C)OC2C(O[SH]=O)C(O[SH]=O)COC2(COS(N)(=O)=O)O1. The van der Waals surface area contributed by atoms with Crippen molar-refractivity contribution in [1.29, 1.82) is 0 Å². The van der Waals surface area contributed by atoms with Crippen molar-refractivity contribution in [2.24, 2.45) is 5.14 Å². The first-order chi connectivity index (χ1) is 10.6. The van der Waals surface area contributed by atoms with Gasteiger partial charge in [-0.15, -0.1) is 0 Å². The first kappa shape index (κ1) is 19.3. The summed E-state index contributed by atoms with van der Waals surface area (Å²) in [7, 11) is -4.26. The van der Waals surface area contributed by atoms with Crippen LogP contribution in [-0.2, 0) is 61.0 Å². The zero-order valence-corrected chi connectivity index (χ0v) is 14.7. The first-order valence-corrected chi connectivity index (χ1v) is 9.22. The summed E-state index contributed by atoms with van der Waals surface area (Å²) in [6, 6.07) is 0. The van der Waals surface area contributed by atoms with E-state index >= 15 is 0 Å². The molecule has 0 amide bonds. The van der Waals surface area contributed by atoms with Crippen LogP contribution >= 0.6 is 0 Å². The normalized spacial score (nSPS) is 36.7. The minimum Gasteiger partial charge on any atom is -0.343 e. The van der Waals surface area contributed by atoms with Gasteiger partial charge in [-0.05, 0) is 13.8 Å². The molecule has 0 bridgehead atoms. The number of hydrogen-bond acceptors (Lipinski definition) is 10. The van der Waals surface area contributed by atoms with Gasteiger partial charge in [0, 0.05) is 0 Å². The van der Waals surface area contributed by atoms with Crippen molar-refractivity contribution in [3.8, 4) is 0 Å². The van der Waals surface area contributed by atoms with Gasteiger partial charge in [0.15, 0.2) is 5.79 Å². The molecule has 2 heterocycles. The van der Waals surface area contributed by atoms with E-state index in [0.29, 0.717) is 0 Å². The zero-order valence-electron chi connectivity index (χ0n) is 12.1. The lowest BCUT2D eigenvalue weighted by molar-refractivity contribution is -0.295. The Kier molecular flexibility index (Phi) is 5.93. The van der Waals surface area contributed by atoms with E-state index in [1.807, 2.05) is 0 Å². The molecule has 4 atom stereocenters. The molecular weight excluding hydrogens is 378 g/mol. The highest BCUT2D eigenvalue weighted by molar-refractivity contribution is 7.84. The first-order valence-electron chi connectivity index (χ1n) is 6.28. The predicted molar refractivity (Wildman–Crippen MR) is 76.6 cm³/mol. The summed E-state index contributed by atoms with van der Waals surface area (Å²) in [6.07, 6.45) is -2.97. The lowest BCUT2D eigenvalue weighted by Crippen LogP contribution is -2.62. The van der Waals surface area contributed by atoms with E-state index in [-0.39, 0.29) is 6.61 Å². The van der Waals surface area contributed by atoms with Crippen molar-refractivity contribution in [2.75, 3.05) is 13.2 Å². The highest BCUT2D eigenvalue weighted by Crippen LogP contribution is 2.44. The summed E-state index contributed by atoms with van der Waals surface area (Å²) < 4.78 is 74.9. The Hall–Kier alpha value is -0.0300. The van der Waals surface area contributed by atoms with Crippen molar-refractivity contribution in [3.63, 3.8) is 0 Å². The average molecular weight is 395 g/mol. The van der Waals surface area contributed by atoms with Gasteiger partial charge >= 0.3 is 10.3 Å². The van der Waals surface area contributed by atoms with Crippen LogP contribution in [0.5, 0.6) is 0 Å². The molecular formula is C9H17NO10S3. The van der Waals surface area contributed by atoms with Crippen LogP contribution in [0.2, 0.25) is 0 Å². The second kappa shape index (κ2) is 7.07. The van der Waals surface area contributed by atoms with Crippen molar-refractivity contribution < 1.29 is 43.6 Å². The Labute approximate surface area is 140 Å². The molecule has 0 saturated carbocycles. The van der Waals surface area contributed by atoms with Crippen LogP contribution in [0, 0.1) is 0 Å². The maximum atomic E-state index is 11.0. The molecule has 0 aliphatic carbocycles. The molecule has 2 aliphatic heterocycles. The summed E-state index contributed by atoms with van der Waals surface area (Å²) in [5, 5.41) is 4.82. The fraction of sp³-hybridized carbons (Fsp3) is 1.00. The van der Waals surface area contributed by atoms with Crippen LogP contribution in [-0.4, -0.2) is 59.9 Å². The number of thiol groups is 2. The summed E-state index contributed by atoms with van der Waals surface area (Å²) in [5.41, 5.74) is 0. The van der Waals surface area contributed by atoms with Gasteiger partial charge in [-0.2, -0.15) is 8.42 Å². The fourth-order valence-corrected chi connectivity index (χ4v) is 3.44. The van der Waals surface area contributed by atoms with Crippen molar-refractivity contribution >= 4 is 34.2 Å². The van der Waals surface area contributed by atoms with Gasteiger partial charge in [0.2, 0.25) is 5.79 Å². The number of fused-ring (bicyclic) bond motifs is 1. The number of rotatable bonds is 7. The smallest absolute Gasteiger partial charge is 0.333 e. The van der Waals surface area contributed by atoms with Gasteiger partial charge < -0.3 is 14.2 Å². The van der Waals surface area contributed by atoms with Crippen LogP contribution < -0.4 is 5.14 Å². The third-order valence-corrected chi connectivity index (χ3v) is 4.32. The highest BCUT2D eigenvalue weighted by atomic mass is 32.2. The quantitative estimate of drug-likeness (QED) is 0.397. The fourth-order valence-electron chi connectivity index (χ4n) is 2.47. The molecule has 2 rings (SSSR count). The van der Waals surface area contributed by atoms with E-state index < -0.39 is 70.7 Å². The van der Waals surface area contributed by atoms with Gasteiger partial charge in [0.05, 0.1) is 6.61 Å². The van der Waals surface area contributed by atoms with Crippen molar-refractivity contribution in [2.45, 2.75) is 43.7 Å². The Morgan fingerprint density at radius 3 is 2.48 bits per heavy atom. The standard InChI is InChI=1S/C9H17NO10S3/c1-8(2)17-7-6(19-22-12)5(18-21-11)3-15-9(7,20-8)4-16-23(10,13)14/h5-7,21-22H,3-4H2,1-2H3,(H2,10,13,14). The molecule has 0 radical (unpaired) electrons. The Morgan fingerprint density at radius 2 is 1.91 bits per heavy atom. The van der Waals surface area contributed by atoms with Crippen LogP contribution in [0.3, 0.4) is 0 Å². The monoisotopic (exact) mass is 395 g/mol. The van der Waals surface area contributed by atoms with Gasteiger partial charge in [0.25, 0.3) is 0 Å². The summed E-state index contributed by atoms with van der Waals surface area (Å²) in [5.74, 6) is -2.86. The van der Waals surface area contributed by atoms with Crippen LogP contribution in [0.15, 0.2) is 0 Å². The Bertz CT molecular complexity index is 568. The lowest BCUT2D eigenvalue weighted by atomic mass is 9.98. The summed E-state index contributed by atoms with van der Waals surface area (Å²) in [4.78, 5) is 0. The molecule has 2 saturated heterocycles.